The van der Waals surface area contributed by atoms with Crippen LogP contribution in [-0.4, -0.2) is 46.0 Å². The minimum absolute atomic E-state index is 0. The SMILES string of the molecule is [Bi].[Fe].[Ga].[Tb]. The van der Waals surface area contributed by atoms with E-state index in [1.807, 2.05) is 0 Å². The first-order chi connectivity index (χ1) is 0. The Morgan fingerprint density at radius 2 is 1.00 bits per heavy atom. The third kappa shape index (κ3) is 9.01. The van der Waals surface area contributed by atoms with Crippen LogP contribution in [-0.2, 0) is 17.1 Å². The molecular formula is BiFeGaTb. The normalized spacial score (nSPS) is 0. The van der Waals surface area contributed by atoms with Crippen LogP contribution in [0, 0.1) is 38.6 Å². The van der Waals surface area contributed by atoms with Gasteiger partial charge in [-0.25, -0.2) is 0 Å². The van der Waals surface area contributed by atoms with Crippen LogP contribution >= 0.6 is 0 Å². The Bertz CT molecular complexity index is 8.00. The average molecular weight is 493 g/mol. The topological polar surface area (TPSA) is 0 Å². The van der Waals surface area contributed by atoms with E-state index < -0.39 is 0 Å². The van der Waals surface area contributed by atoms with E-state index in [1.165, 1.54) is 0 Å². The standard InChI is InChI=1S/Bi.Fe.Ga.Tb. The van der Waals surface area contributed by atoms with Crippen LogP contribution in [0.3, 0.4) is 0 Å². The van der Waals surface area contributed by atoms with Gasteiger partial charge in [0.05, 0.1) is 0 Å². The van der Waals surface area contributed by atoms with Crippen molar-refractivity contribution >= 4 is 46.0 Å². The molecule has 0 fully saturated rings. The van der Waals surface area contributed by atoms with E-state index in [4.69, 9.17) is 0 Å². The van der Waals surface area contributed by atoms with E-state index in [2.05, 4.69) is 0 Å². The van der Waals surface area contributed by atoms with Crippen LogP contribution in [0.15, 0.2) is 0 Å². The minimum Gasteiger partial charge on any atom is 0 e. The van der Waals surface area contributed by atoms with Gasteiger partial charge in [0.25, 0.3) is 0 Å². The molecule has 0 unspecified atom stereocenters. The predicted molar refractivity (Wildman–Crippen MR) is 11.5 cm³/mol. The van der Waals surface area contributed by atoms with Crippen molar-refractivity contribution in [1.82, 2.24) is 0 Å². The Balaban J connectivity index is 0. The summed E-state index contributed by atoms with van der Waals surface area (Å²) in [7, 11) is 0. The maximum Gasteiger partial charge on any atom is 0 e. The summed E-state index contributed by atoms with van der Waals surface area (Å²) in [5.41, 5.74) is 0. The van der Waals surface area contributed by atoms with Crippen molar-refractivity contribution in [2.45, 2.75) is 0 Å². The Morgan fingerprint density at radius 1 is 1.00 bits per heavy atom. The molecular weight excluding hydrogens is 493 g/mol. The van der Waals surface area contributed by atoms with Crippen molar-refractivity contribution in [3.8, 4) is 0 Å². The van der Waals surface area contributed by atoms with E-state index in [0.717, 1.165) is 0 Å². The number of rotatable bonds is 0. The van der Waals surface area contributed by atoms with Gasteiger partial charge in [-0.3, -0.25) is 0 Å². The second kappa shape index (κ2) is 16.2. The molecule has 0 aromatic rings. The molecule has 0 aliphatic heterocycles. The quantitative estimate of drug-likeness (QED) is 0.390. The Morgan fingerprint density at radius 3 is 1.00 bits per heavy atom. The third-order valence-electron chi connectivity index (χ3n) is 0. The summed E-state index contributed by atoms with van der Waals surface area (Å²) in [4.78, 5) is 0. The largest absolute Gasteiger partial charge is 0 e. The molecule has 0 nitrogen and oxygen atoms in total. The van der Waals surface area contributed by atoms with Crippen LogP contribution in [0.25, 0.3) is 0 Å². The summed E-state index contributed by atoms with van der Waals surface area (Å²) in [6.45, 7) is 0. The van der Waals surface area contributed by atoms with Gasteiger partial charge in [-0.1, -0.05) is 0 Å². The zero-order valence-electron chi connectivity index (χ0n) is 1.71. The van der Waals surface area contributed by atoms with Gasteiger partial charge in [0.2, 0.25) is 0 Å². The third-order valence-corrected chi connectivity index (χ3v) is 0. The minimum atomic E-state index is 0. The fourth-order valence-electron chi connectivity index (χ4n) is 0. The first kappa shape index (κ1) is 26.5. The fraction of sp³-hybridized carbons (Fsp3) is 0. The molecule has 7 radical (unpaired) electrons. The summed E-state index contributed by atoms with van der Waals surface area (Å²) in [6, 6.07) is 0. The molecule has 0 aromatic carbocycles. The molecule has 0 saturated carbocycles. The first-order valence-corrected chi connectivity index (χ1v) is 0. The average Bonchev–Trinajstić information content (AvgIpc) is 0. The maximum absolute atomic E-state index is 0. The molecule has 0 aliphatic carbocycles. The fourth-order valence-corrected chi connectivity index (χ4v) is 0. The maximum atomic E-state index is 0. The molecule has 0 spiro atoms. The zero-order chi connectivity index (χ0) is 0. The van der Waals surface area contributed by atoms with Gasteiger partial charge in [-0.15, -0.1) is 0 Å². The van der Waals surface area contributed by atoms with Crippen molar-refractivity contribution in [3.63, 3.8) is 0 Å². The van der Waals surface area contributed by atoms with Crippen molar-refractivity contribution in [3.05, 3.63) is 0 Å². The number of hydrogen-bond acceptors (Lipinski definition) is 0. The van der Waals surface area contributed by atoms with Crippen LogP contribution in [0.5, 0.6) is 0 Å². The summed E-state index contributed by atoms with van der Waals surface area (Å²) < 4.78 is 0. The second-order valence-corrected chi connectivity index (χ2v) is 0. The summed E-state index contributed by atoms with van der Waals surface area (Å²) in [5.74, 6) is 0. The molecule has 0 bridgehead atoms. The Hall–Kier alpha value is 3.32. The summed E-state index contributed by atoms with van der Waals surface area (Å²) in [6.07, 6.45) is 0. The molecule has 0 atom stereocenters. The zero-order valence-corrected chi connectivity index (χ0v) is 10.9. The molecule has 0 saturated heterocycles. The van der Waals surface area contributed by atoms with Gasteiger partial charge >= 0.3 is 0 Å². The van der Waals surface area contributed by atoms with Crippen LogP contribution in [0.1, 0.15) is 0 Å². The van der Waals surface area contributed by atoms with Gasteiger partial charge in [0.15, 0.2) is 0 Å². The molecule has 0 aromatic heterocycles. The Kier molecular flexibility index (Phi) is 108. The van der Waals surface area contributed by atoms with E-state index in [0.29, 0.717) is 0 Å². The van der Waals surface area contributed by atoms with E-state index in [1.54, 1.807) is 0 Å². The molecule has 0 N–H and O–H groups in total. The molecule has 0 rings (SSSR count). The van der Waals surface area contributed by atoms with E-state index >= 15 is 0 Å². The van der Waals surface area contributed by atoms with Crippen molar-refractivity contribution in [2.75, 3.05) is 0 Å². The molecule has 4 heteroatoms. The Labute approximate surface area is 99.3 Å². The van der Waals surface area contributed by atoms with Crippen LogP contribution in [0.2, 0.25) is 0 Å². The van der Waals surface area contributed by atoms with Crippen LogP contribution in [0.4, 0.5) is 0 Å². The summed E-state index contributed by atoms with van der Waals surface area (Å²) >= 11 is 0. The van der Waals surface area contributed by atoms with Crippen LogP contribution < -0.4 is 0 Å². The van der Waals surface area contributed by atoms with Crippen molar-refractivity contribution in [1.29, 1.82) is 0 Å². The monoisotopic (exact) mass is 493 g/mol. The molecule has 0 aliphatic rings. The number of hydrogen-bond donors (Lipinski definition) is 0. The van der Waals surface area contributed by atoms with Gasteiger partial charge in [0.1, 0.15) is 0 Å². The molecule has 4 heavy (non-hydrogen) atoms. The van der Waals surface area contributed by atoms with Gasteiger partial charge in [-0.2, -0.15) is 0 Å². The van der Waals surface area contributed by atoms with Crippen molar-refractivity contribution in [2.24, 2.45) is 0 Å². The molecule has 0 amide bonds. The van der Waals surface area contributed by atoms with Gasteiger partial charge < -0.3 is 0 Å². The predicted octanol–water partition coefficient (Wildman–Crippen LogP) is -0.764. The smallest absolute Gasteiger partial charge is 0 e. The summed E-state index contributed by atoms with van der Waals surface area (Å²) in [5, 5.41) is 0. The molecule has 25 valence electrons. The second-order valence-electron chi connectivity index (χ2n) is 0. The molecule has 0 heterocycles. The first-order valence-electron chi connectivity index (χ1n) is 0. The van der Waals surface area contributed by atoms with Crippen molar-refractivity contribution < 1.29 is 55.7 Å². The van der Waals surface area contributed by atoms with E-state index in [9.17, 15) is 0 Å². The van der Waals surface area contributed by atoms with Gasteiger partial charge in [-0.05, 0) is 0 Å². The van der Waals surface area contributed by atoms with E-state index in [-0.39, 0.29) is 102 Å². The van der Waals surface area contributed by atoms with Gasteiger partial charge in [0, 0.05) is 102 Å².